The number of nitrogen functional groups attached to an aromatic ring is 1. The molecule has 0 amide bonds. The number of hydrogen-bond acceptors (Lipinski definition) is 7. The van der Waals surface area contributed by atoms with Crippen molar-refractivity contribution in [3.8, 4) is 5.75 Å². The van der Waals surface area contributed by atoms with Crippen molar-refractivity contribution in [3.05, 3.63) is 36.0 Å². The second kappa shape index (κ2) is 5.53. The number of nitrogens with two attached hydrogens (primary N) is 1. The summed E-state index contributed by atoms with van der Waals surface area (Å²) in [7, 11) is 3.62. The molecule has 108 valence electrons. The number of methoxy groups -OCH3 is 1. The second-order valence-electron chi connectivity index (χ2n) is 4.61. The Morgan fingerprint density at radius 3 is 2.86 bits per heavy atom. The Labute approximate surface area is 126 Å². The molecular weight excluding hydrogens is 286 g/mol. The summed E-state index contributed by atoms with van der Waals surface area (Å²) in [6, 6.07) is 7.95. The Kier molecular flexibility index (Phi) is 3.57. The molecule has 3 rings (SSSR count). The highest BCUT2D eigenvalue weighted by atomic mass is 32.1. The van der Waals surface area contributed by atoms with Crippen LogP contribution in [0.25, 0.3) is 10.9 Å². The predicted octanol–water partition coefficient (Wildman–Crippen LogP) is 2.31. The molecular formula is C14H15N5OS. The molecule has 2 aromatic heterocycles. The van der Waals surface area contributed by atoms with Gasteiger partial charge in [0.2, 0.25) is 10.3 Å². The number of fused-ring (bicyclic) bond motifs is 1. The van der Waals surface area contributed by atoms with Crippen LogP contribution in [0, 0.1) is 0 Å². The molecule has 0 bridgehead atoms. The first-order valence-corrected chi connectivity index (χ1v) is 7.21. The van der Waals surface area contributed by atoms with Crippen LogP contribution < -0.4 is 15.4 Å². The molecule has 6 nitrogen and oxygen atoms in total. The molecule has 0 saturated carbocycles. The van der Waals surface area contributed by atoms with Crippen molar-refractivity contribution in [1.29, 1.82) is 0 Å². The summed E-state index contributed by atoms with van der Waals surface area (Å²) in [5.74, 6) is 0.775. The van der Waals surface area contributed by atoms with Crippen LogP contribution in [0.3, 0.4) is 0 Å². The summed E-state index contributed by atoms with van der Waals surface area (Å²) in [5, 5.41) is 10.2. The Balaban J connectivity index is 1.97. The maximum absolute atomic E-state index is 5.63. The van der Waals surface area contributed by atoms with Crippen LogP contribution in [0.1, 0.15) is 5.56 Å². The predicted molar refractivity (Wildman–Crippen MR) is 84.7 cm³/mol. The van der Waals surface area contributed by atoms with Crippen molar-refractivity contribution < 1.29 is 4.74 Å². The Bertz CT molecular complexity index is 773. The number of nitrogens with zero attached hydrogens (tertiary/aromatic N) is 4. The number of benzene rings is 1. The van der Waals surface area contributed by atoms with Crippen molar-refractivity contribution in [2.45, 2.75) is 6.54 Å². The largest absolute Gasteiger partial charge is 0.494 e. The van der Waals surface area contributed by atoms with E-state index in [-0.39, 0.29) is 0 Å². The zero-order valence-corrected chi connectivity index (χ0v) is 12.6. The van der Waals surface area contributed by atoms with E-state index in [1.54, 1.807) is 13.3 Å². The molecule has 0 saturated heterocycles. The minimum absolute atomic E-state index is 0.470. The fourth-order valence-corrected chi connectivity index (χ4v) is 2.78. The van der Waals surface area contributed by atoms with Gasteiger partial charge in [-0.3, -0.25) is 4.98 Å². The summed E-state index contributed by atoms with van der Waals surface area (Å²) in [4.78, 5) is 6.42. The summed E-state index contributed by atoms with van der Waals surface area (Å²) in [5.41, 5.74) is 7.64. The highest BCUT2D eigenvalue weighted by Gasteiger charge is 2.12. The fraction of sp³-hybridized carbons (Fsp3) is 0.214. The van der Waals surface area contributed by atoms with Gasteiger partial charge in [0.15, 0.2) is 0 Å². The van der Waals surface area contributed by atoms with E-state index in [0.717, 1.165) is 27.3 Å². The lowest BCUT2D eigenvalue weighted by atomic mass is 10.1. The van der Waals surface area contributed by atoms with E-state index in [2.05, 4.69) is 15.2 Å². The van der Waals surface area contributed by atoms with Gasteiger partial charge in [-0.05, 0) is 17.7 Å². The molecule has 1 aromatic carbocycles. The van der Waals surface area contributed by atoms with Crippen LogP contribution in [0.4, 0.5) is 10.3 Å². The van der Waals surface area contributed by atoms with Crippen molar-refractivity contribution in [3.63, 3.8) is 0 Å². The average Bonchev–Trinajstić information content (AvgIpc) is 2.94. The summed E-state index contributed by atoms with van der Waals surface area (Å²) in [6.45, 7) is 0.695. The van der Waals surface area contributed by atoms with Crippen LogP contribution in [-0.4, -0.2) is 29.3 Å². The maximum atomic E-state index is 5.63. The molecule has 0 unspecified atom stereocenters. The normalized spacial score (nSPS) is 10.8. The van der Waals surface area contributed by atoms with Gasteiger partial charge in [0.25, 0.3) is 0 Å². The van der Waals surface area contributed by atoms with Gasteiger partial charge in [0.1, 0.15) is 11.3 Å². The topological polar surface area (TPSA) is 77.2 Å². The molecule has 0 spiro atoms. The number of rotatable bonds is 4. The zero-order valence-electron chi connectivity index (χ0n) is 11.8. The number of hydrogen-bond donors (Lipinski definition) is 1. The van der Waals surface area contributed by atoms with E-state index >= 15 is 0 Å². The molecule has 2 heterocycles. The van der Waals surface area contributed by atoms with Gasteiger partial charge >= 0.3 is 0 Å². The van der Waals surface area contributed by atoms with Crippen LogP contribution in [0.5, 0.6) is 5.75 Å². The molecule has 0 radical (unpaired) electrons. The van der Waals surface area contributed by atoms with E-state index in [9.17, 15) is 0 Å². The maximum Gasteiger partial charge on any atom is 0.210 e. The Morgan fingerprint density at radius 2 is 2.14 bits per heavy atom. The first-order chi connectivity index (χ1) is 10.2. The lowest BCUT2D eigenvalue weighted by Crippen LogP contribution is -2.16. The van der Waals surface area contributed by atoms with E-state index in [0.29, 0.717) is 11.7 Å². The Hall–Kier alpha value is -2.41. The zero-order chi connectivity index (χ0) is 14.8. The lowest BCUT2D eigenvalue weighted by molar-refractivity contribution is 0.419. The average molecular weight is 301 g/mol. The molecule has 3 aromatic rings. The van der Waals surface area contributed by atoms with Gasteiger partial charge in [0, 0.05) is 25.2 Å². The molecule has 0 aliphatic rings. The SMILES string of the molecule is COc1ccc(CN(C)c2nnc(N)s2)c2cccnc12. The Morgan fingerprint density at radius 1 is 1.29 bits per heavy atom. The highest BCUT2D eigenvalue weighted by Crippen LogP contribution is 2.29. The summed E-state index contributed by atoms with van der Waals surface area (Å²) >= 11 is 1.37. The number of anilines is 2. The molecule has 21 heavy (non-hydrogen) atoms. The lowest BCUT2D eigenvalue weighted by Gasteiger charge is -2.17. The van der Waals surface area contributed by atoms with Gasteiger partial charge in [0.05, 0.1) is 7.11 Å². The third-order valence-corrected chi connectivity index (χ3v) is 4.07. The number of ether oxygens (including phenoxy) is 1. The van der Waals surface area contributed by atoms with E-state index in [4.69, 9.17) is 10.5 Å². The molecule has 2 N–H and O–H groups in total. The molecule has 0 aliphatic heterocycles. The smallest absolute Gasteiger partial charge is 0.210 e. The first kappa shape index (κ1) is 13.6. The van der Waals surface area contributed by atoms with Crippen molar-refractivity contribution in [1.82, 2.24) is 15.2 Å². The molecule has 0 atom stereocenters. The van der Waals surface area contributed by atoms with Gasteiger partial charge in [-0.2, -0.15) is 0 Å². The summed E-state index contributed by atoms with van der Waals surface area (Å²) < 4.78 is 5.36. The standard InChI is InChI=1S/C14H15N5OS/c1-19(14-18-17-13(15)21-14)8-9-5-6-11(20-2)12-10(9)4-3-7-16-12/h3-7H,8H2,1-2H3,(H2,15,17). The van der Waals surface area contributed by atoms with Crippen LogP contribution >= 0.6 is 11.3 Å². The third kappa shape index (κ3) is 2.59. The van der Waals surface area contributed by atoms with E-state index in [1.807, 2.05) is 36.2 Å². The summed E-state index contributed by atoms with van der Waals surface area (Å²) in [6.07, 6.45) is 1.77. The highest BCUT2D eigenvalue weighted by molar-refractivity contribution is 7.18. The third-order valence-electron chi connectivity index (χ3n) is 3.21. The van der Waals surface area contributed by atoms with Gasteiger partial charge in [-0.25, -0.2) is 0 Å². The van der Waals surface area contributed by atoms with Gasteiger partial charge in [-0.1, -0.05) is 23.5 Å². The second-order valence-corrected chi connectivity index (χ2v) is 5.59. The van der Waals surface area contributed by atoms with Crippen molar-refractivity contribution in [2.75, 3.05) is 24.8 Å². The first-order valence-electron chi connectivity index (χ1n) is 6.39. The number of aromatic nitrogens is 3. The van der Waals surface area contributed by atoms with Gasteiger partial charge in [-0.15, -0.1) is 10.2 Å². The molecule has 0 aliphatic carbocycles. The fourth-order valence-electron chi connectivity index (χ4n) is 2.21. The minimum atomic E-state index is 0.470. The minimum Gasteiger partial charge on any atom is -0.494 e. The van der Waals surface area contributed by atoms with E-state index in [1.165, 1.54) is 11.3 Å². The van der Waals surface area contributed by atoms with Gasteiger partial charge < -0.3 is 15.4 Å². The molecule has 0 fully saturated rings. The molecule has 7 heteroatoms. The van der Waals surface area contributed by atoms with Crippen molar-refractivity contribution in [2.24, 2.45) is 0 Å². The van der Waals surface area contributed by atoms with Crippen molar-refractivity contribution >= 4 is 32.5 Å². The van der Waals surface area contributed by atoms with Crippen LogP contribution in [0.2, 0.25) is 0 Å². The number of pyridine rings is 1. The monoisotopic (exact) mass is 301 g/mol. The van der Waals surface area contributed by atoms with Crippen LogP contribution in [-0.2, 0) is 6.54 Å². The van der Waals surface area contributed by atoms with E-state index < -0.39 is 0 Å². The quantitative estimate of drug-likeness (QED) is 0.797. The van der Waals surface area contributed by atoms with Crippen LogP contribution in [0.15, 0.2) is 30.5 Å².